The average Bonchev–Trinajstić information content (AvgIpc) is 2.60. The number of methoxy groups -OCH3 is 1. The van der Waals surface area contributed by atoms with Gasteiger partial charge in [0.2, 0.25) is 0 Å². The molecule has 0 aromatic heterocycles. The predicted octanol–water partition coefficient (Wildman–Crippen LogP) is 4.07. The minimum Gasteiger partial charge on any atom is -0.493 e. The van der Waals surface area contributed by atoms with Crippen LogP contribution < -0.4 is 20.5 Å². The lowest BCUT2D eigenvalue weighted by atomic mass is 10.1. The summed E-state index contributed by atoms with van der Waals surface area (Å²) in [5.74, 6) is 1.98. The summed E-state index contributed by atoms with van der Waals surface area (Å²) in [5.41, 5.74) is 8.03. The van der Waals surface area contributed by atoms with Crippen molar-refractivity contribution in [2.45, 2.75) is 19.8 Å². The molecule has 0 heterocycles. The van der Waals surface area contributed by atoms with Crippen molar-refractivity contribution < 1.29 is 9.47 Å². The molecule has 0 radical (unpaired) electrons. The Labute approximate surface area is 166 Å². The van der Waals surface area contributed by atoms with Gasteiger partial charge in [-0.3, -0.25) is 4.99 Å². The van der Waals surface area contributed by atoms with Gasteiger partial charge in [-0.25, -0.2) is 0 Å². The van der Waals surface area contributed by atoms with E-state index in [-0.39, 0.29) is 24.0 Å². The summed E-state index contributed by atoms with van der Waals surface area (Å²) in [7, 11) is 1.65. The van der Waals surface area contributed by atoms with Gasteiger partial charge >= 0.3 is 0 Å². The van der Waals surface area contributed by atoms with Gasteiger partial charge in [-0.1, -0.05) is 24.3 Å². The number of rotatable bonds is 8. The maximum atomic E-state index is 5.89. The van der Waals surface area contributed by atoms with E-state index in [1.165, 1.54) is 5.56 Å². The van der Waals surface area contributed by atoms with E-state index in [4.69, 9.17) is 15.2 Å². The fourth-order valence-electron chi connectivity index (χ4n) is 2.34. The zero-order valence-corrected chi connectivity index (χ0v) is 17.0. The molecule has 0 aliphatic heterocycles. The molecule has 0 saturated heterocycles. The summed E-state index contributed by atoms with van der Waals surface area (Å²) in [4.78, 5) is 4.35. The Morgan fingerprint density at radius 2 is 1.88 bits per heavy atom. The number of nitrogens with one attached hydrogen (secondary N) is 1. The van der Waals surface area contributed by atoms with Gasteiger partial charge in [0.05, 0.1) is 13.7 Å². The van der Waals surface area contributed by atoms with E-state index in [9.17, 15) is 0 Å². The number of nitrogens with zero attached hydrogens (tertiary/aromatic N) is 1. The van der Waals surface area contributed by atoms with Crippen molar-refractivity contribution in [1.29, 1.82) is 0 Å². The monoisotopic (exact) mass is 455 g/mol. The van der Waals surface area contributed by atoms with E-state index in [2.05, 4.69) is 16.4 Å². The van der Waals surface area contributed by atoms with E-state index in [0.29, 0.717) is 19.1 Å². The fraction of sp³-hybridized carbons (Fsp3) is 0.316. The summed E-state index contributed by atoms with van der Waals surface area (Å²) < 4.78 is 10.9. The molecule has 6 heteroatoms. The molecule has 3 N–H and O–H groups in total. The smallest absolute Gasteiger partial charge is 0.193 e. The SMILES string of the molecule is CCOc1cc(CCCN=C(N)Nc2ccccc2)ccc1OC.I. The number of halogens is 1. The van der Waals surface area contributed by atoms with Gasteiger partial charge in [-0.2, -0.15) is 0 Å². The van der Waals surface area contributed by atoms with Crippen LogP contribution in [0, 0.1) is 0 Å². The van der Waals surface area contributed by atoms with Gasteiger partial charge in [-0.05, 0) is 49.6 Å². The molecule has 2 aromatic rings. The molecule has 25 heavy (non-hydrogen) atoms. The molecular formula is C19H26IN3O2. The Bertz CT molecular complexity index is 663. The second-order valence-corrected chi connectivity index (χ2v) is 5.28. The number of hydrogen-bond donors (Lipinski definition) is 2. The molecule has 5 nitrogen and oxygen atoms in total. The lowest BCUT2D eigenvalue weighted by Gasteiger charge is -2.11. The molecule has 0 amide bonds. The highest BCUT2D eigenvalue weighted by molar-refractivity contribution is 14.0. The Balaban J connectivity index is 0.00000312. The molecule has 2 rings (SSSR count). The molecule has 2 aromatic carbocycles. The van der Waals surface area contributed by atoms with Gasteiger partial charge in [0.15, 0.2) is 17.5 Å². The highest BCUT2D eigenvalue weighted by atomic mass is 127. The van der Waals surface area contributed by atoms with Crippen LogP contribution in [0.3, 0.4) is 0 Å². The molecule has 0 spiro atoms. The van der Waals surface area contributed by atoms with E-state index in [1.807, 2.05) is 49.4 Å². The molecule has 0 unspecified atom stereocenters. The molecule has 136 valence electrons. The van der Waals surface area contributed by atoms with E-state index in [1.54, 1.807) is 7.11 Å². The van der Waals surface area contributed by atoms with Gasteiger partial charge in [0, 0.05) is 12.2 Å². The number of aryl methyl sites for hydroxylation is 1. The molecule has 0 aliphatic carbocycles. The van der Waals surface area contributed by atoms with Crippen LogP contribution in [0.2, 0.25) is 0 Å². The number of ether oxygens (including phenoxy) is 2. The second-order valence-electron chi connectivity index (χ2n) is 5.28. The Kier molecular flexibility index (Phi) is 9.76. The quantitative estimate of drug-likeness (QED) is 0.273. The summed E-state index contributed by atoms with van der Waals surface area (Å²) in [6.07, 6.45) is 1.82. The number of nitrogens with two attached hydrogens (primary N) is 1. The molecule has 0 aliphatic rings. The summed E-state index contributed by atoms with van der Waals surface area (Å²) in [6.45, 7) is 3.25. The van der Waals surface area contributed by atoms with E-state index in [0.717, 1.165) is 30.0 Å². The maximum Gasteiger partial charge on any atom is 0.193 e. The lowest BCUT2D eigenvalue weighted by molar-refractivity contribution is 0.310. The molecular weight excluding hydrogens is 429 g/mol. The zero-order chi connectivity index (χ0) is 17.2. The summed E-state index contributed by atoms with van der Waals surface area (Å²) in [6, 6.07) is 15.8. The zero-order valence-electron chi connectivity index (χ0n) is 14.7. The average molecular weight is 455 g/mol. The summed E-state index contributed by atoms with van der Waals surface area (Å²) >= 11 is 0. The topological polar surface area (TPSA) is 68.9 Å². The summed E-state index contributed by atoms with van der Waals surface area (Å²) in [5, 5.41) is 3.07. The maximum absolute atomic E-state index is 5.89. The van der Waals surface area contributed by atoms with Gasteiger partial charge in [-0.15, -0.1) is 24.0 Å². The van der Waals surface area contributed by atoms with Crippen LogP contribution in [0.5, 0.6) is 11.5 Å². The number of anilines is 1. The lowest BCUT2D eigenvalue weighted by Crippen LogP contribution is -2.22. The third kappa shape index (κ3) is 7.21. The Morgan fingerprint density at radius 3 is 2.56 bits per heavy atom. The first-order valence-corrected chi connectivity index (χ1v) is 8.14. The van der Waals surface area contributed by atoms with Gasteiger partial charge in [0.25, 0.3) is 0 Å². The normalized spacial score (nSPS) is 10.7. The minimum absolute atomic E-state index is 0. The third-order valence-electron chi connectivity index (χ3n) is 3.48. The third-order valence-corrected chi connectivity index (χ3v) is 3.48. The first kappa shape index (κ1) is 21.1. The second kappa shape index (κ2) is 11.6. The van der Waals surface area contributed by atoms with Crippen LogP contribution in [-0.4, -0.2) is 26.2 Å². The van der Waals surface area contributed by atoms with Crippen molar-refractivity contribution in [3.63, 3.8) is 0 Å². The minimum atomic E-state index is 0. The van der Waals surface area contributed by atoms with E-state index >= 15 is 0 Å². The Morgan fingerprint density at radius 1 is 1.12 bits per heavy atom. The number of benzene rings is 2. The van der Waals surface area contributed by atoms with Crippen LogP contribution in [0.4, 0.5) is 5.69 Å². The Hall–Kier alpha value is -1.96. The van der Waals surface area contributed by atoms with Crippen molar-refractivity contribution in [2.24, 2.45) is 10.7 Å². The standard InChI is InChI=1S/C19H25N3O2.HI/c1-3-24-18-14-15(11-12-17(18)23-2)8-7-13-21-19(20)22-16-9-5-4-6-10-16;/h4-6,9-12,14H,3,7-8,13H2,1-2H3,(H3,20,21,22);1H. The van der Waals surface area contributed by atoms with Crippen LogP contribution in [0.25, 0.3) is 0 Å². The first-order valence-electron chi connectivity index (χ1n) is 8.14. The fourth-order valence-corrected chi connectivity index (χ4v) is 2.34. The highest BCUT2D eigenvalue weighted by Crippen LogP contribution is 2.28. The number of aliphatic imine (C=N–C) groups is 1. The highest BCUT2D eigenvalue weighted by Gasteiger charge is 2.05. The molecule has 0 bridgehead atoms. The van der Waals surface area contributed by atoms with Crippen LogP contribution >= 0.6 is 24.0 Å². The van der Waals surface area contributed by atoms with Crippen molar-refractivity contribution in [2.75, 3.05) is 25.6 Å². The predicted molar refractivity (Wildman–Crippen MR) is 114 cm³/mol. The molecule has 0 saturated carbocycles. The van der Waals surface area contributed by atoms with Crippen molar-refractivity contribution in [3.05, 3.63) is 54.1 Å². The number of para-hydroxylation sites is 1. The van der Waals surface area contributed by atoms with Crippen molar-refractivity contribution >= 4 is 35.6 Å². The van der Waals surface area contributed by atoms with Crippen LogP contribution in [0.1, 0.15) is 18.9 Å². The number of hydrogen-bond acceptors (Lipinski definition) is 3. The van der Waals surface area contributed by atoms with Gasteiger partial charge < -0.3 is 20.5 Å². The van der Waals surface area contributed by atoms with Crippen LogP contribution in [0.15, 0.2) is 53.5 Å². The molecule has 0 atom stereocenters. The van der Waals surface area contributed by atoms with Crippen molar-refractivity contribution in [3.8, 4) is 11.5 Å². The first-order chi connectivity index (χ1) is 11.7. The van der Waals surface area contributed by atoms with E-state index < -0.39 is 0 Å². The number of guanidine groups is 1. The largest absolute Gasteiger partial charge is 0.493 e. The van der Waals surface area contributed by atoms with Gasteiger partial charge in [0.1, 0.15) is 0 Å². The molecule has 0 fully saturated rings. The van der Waals surface area contributed by atoms with Crippen molar-refractivity contribution in [1.82, 2.24) is 0 Å². The van der Waals surface area contributed by atoms with Crippen LogP contribution in [-0.2, 0) is 6.42 Å².